The molecule has 120 valence electrons. The molecule has 3 rings (SSSR count). The Bertz CT molecular complexity index is 528. The van der Waals surface area contributed by atoms with Gasteiger partial charge in [-0.3, -0.25) is 0 Å². The van der Waals surface area contributed by atoms with Gasteiger partial charge >= 0.3 is 6.03 Å². The van der Waals surface area contributed by atoms with Gasteiger partial charge in [-0.2, -0.15) is 0 Å². The van der Waals surface area contributed by atoms with Crippen molar-refractivity contribution >= 4 is 6.03 Å². The van der Waals surface area contributed by atoms with Crippen LogP contribution in [0.25, 0.3) is 0 Å². The van der Waals surface area contributed by atoms with Crippen molar-refractivity contribution in [3.05, 3.63) is 29.8 Å². The predicted octanol–water partition coefficient (Wildman–Crippen LogP) is 2.29. The molecule has 1 aromatic carbocycles. The maximum atomic E-state index is 12.0. The van der Waals surface area contributed by atoms with Crippen LogP contribution in [-0.4, -0.2) is 30.3 Å². The van der Waals surface area contributed by atoms with Crippen LogP contribution in [0.5, 0.6) is 5.75 Å². The highest BCUT2D eigenvalue weighted by Gasteiger charge is 2.35. The van der Waals surface area contributed by atoms with Crippen LogP contribution >= 0.6 is 0 Å². The molecule has 1 aromatic rings. The average Bonchev–Trinajstić information content (AvgIpc) is 2.55. The number of amides is 2. The van der Waals surface area contributed by atoms with E-state index in [0.717, 1.165) is 18.4 Å². The van der Waals surface area contributed by atoms with Crippen molar-refractivity contribution in [2.24, 2.45) is 0 Å². The summed E-state index contributed by atoms with van der Waals surface area (Å²) in [5.74, 6) is 0.700. The third-order valence-corrected chi connectivity index (χ3v) is 4.64. The lowest BCUT2D eigenvalue weighted by Gasteiger charge is -2.34. The van der Waals surface area contributed by atoms with Crippen LogP contribution in [-0.2, 0) is 5.60 Å². The van der Waals surface area contributed by atoms with Gasteiger partial charge in [-0.15, -0.1) is 0 Å². The number of benzene rings is 1. The van der Waals surface area contributed by atoms with E-state index in [2.05, 4.69) is 10.6 Å². The van der Waals surface area contributed by atoms with Crippen LogP contribution in [0.2, 0.25) is 0 Å². The number of aliphatic hydroxyl groups is 1. The molecule has 2 aliphatic rings. The molecule has 0 radical (unpaired) electrons. The SMILES string of the molecule is O=C(NCC1(O)CCOc2ccccc21)NC1CCCCC1. The fourth-order valence-electron chi connectivity index (χ4n) is 3.33. The molecule has 5 heteroatoms. The molecular weight excluding hydrogens is 280 g/mol. The van der Waals surface area contributed by atoms with Crippen molar-refractivity contribution in [2.45, 2.75) is 50.2 Å². The lowest BCUT2D eigenvalue weighted by molar-refractivity contribution is -0.0000245. The van der Waals surface area contributed by atoms with Crippen molar-refractivity contribution in [3.63, 3.8) is 0 Å². The lowest BCUT2D eigenvalue weighted by Crippen LogP contribution is -2.49. The Morgan fingerprint density at radius 1 is 1.27 bits per heavy atom. The second-order valence-corrected chi connectivity index (χ2v) is 6.29. The van der Waals surface area contributed by atoms with Crippen LogP contribution in [0, 0.1) is 0 Å². The Balaban J connectivity index is 1.57. The minimum Gasteiger partial charge on any atom is -0.493 e. The van der Waals surface area contributed by atoms with Gasteiger partial charge in [0.15, 0.2) is 0 Å². The molecule has 0 saturated heterocycles. The van der Waals surface area contributed by atoms with Crippen LogP contribution < -0.4 is 15.4 Å². The van der Waals surface area contributed by atoms with Gasteiger partial charge in [-0.25, -0.2) is 4.79 Å². The fourth-order valence-corrected chi connectivity index (χ4v) is 3.33. The molecule has 0 spiro atoms. The average molecular weight is 304 g/mol. The number of hydrogen-bond acceptors (Lipinski definition) is 3. The van der Waals surface area contributed by atoms with Gasteiger partial charge in [0.25, 0.3) is 0 Å². The van der Waals surface area contributed by atoms with Crippen LogP contribution in [0.4, 0.5) is 4.79 Å². The van der Waals surface area contributed by atoms with Gasteiger partial charge in [0.1, 0.15) is 11.4 Å². The maximum absolute atomic E-state index is 12.0. The number of carbonyl (C=O) groups is 1. The molecule has 22 heavy (non-hydrogen) atoms. The molecular formula is C17H24N2O3. The van der Waals surface area contributed by atoms with E-state index in [1.165, 1.54) is 19.3 Å². The molecule has 1 atom stereocenters. The predicted molar refractivity (Wildman–Crippen MR) is 83.9 cm³/mol. The molecule has 1 aliphatic heterocycles. The first-order chi connectivity index (χ1) is 10.7. The zero-order valence-corrected chi connectivity index (χ0v) is 12.8. The number of rotatable bonds is 3. The van der Waals surface area contributed by atoms with E-state index in [1.54, 1.807) is 0 Å². The minimum atomic E-state index is -1.06. The monoisotopic (exact) mass is 304 g/mol. The maximum Gasteiger partial charge on any atom is 0.315 e. The summed E-state index contributed by atoms with van der Waals surface area (Å²) in [5.41, 5.74) is -0.308. The van der Waals surface area contributed by atoms with Crippen LogP contribution in [0.1, 0.15) is 44.1 Å². The van der Waals surface area contributed by atoms with E-state index in [9.17, 15) is 9.90 Å². The number of para-hydroxylation sites is 1. The van der Waals surface area contributed by atoms with Crippen molar-refractivity contribution in [3.8, 4) is 5.75 Å². The summed E-state index contributed by atoms with van der Waals surface area (Å²) in [6.45, 7) is 0.658. The van der Waals surface area contributed by atoms with Crippen LogP contribution in [0.3, 0.4) is 0 Å². The number of hydrogen-bond donors (Lipinski definition) is 3. The summed E-state index contributed by atoms with van der Waals surface area (Å²) in [5, 5.41) is 16.7. The van der Waals surface area contributed by atoms with Gasteiger partial charge < -0.3 is 20.5 Å². The van der Waals surface area contributed by atoms with Crippen molar-refractivity contribution in [1.82, 2.24) is 10.6 Å². The molecule has 5 nitrogen and oxygen atoms in total. The molecule has 2 amide bonds. The van der Waals surface area contributed by atoms with E-state index in [4.69, 9.17) is 4.74 Å². The zero-order valence-electron chi connectivity index (χ0n) is 12.8. The van der Waals surface area contributed by atoms with Gasteiger partial charge in [0, 0.05) is 18.0 Å². The Labute approximate surface area is 131 Å². The number of nitrogens with one attached hydrogen (secondary N) is 2. The first-order valence-corrected chi connectivity index (χ1v) is 8.16. The Hall–Kier alpha value is -1.75. The largest absolute Gasteiger partial charge is 0.493 e. The number of carbonyl (C=O) groups excluding carboxylic acids is 1. The molecule has 1 saturated carbocycles. The molecule has 1 heterocycles. The van der Waals surface area contributed by atoms with Crippen molar-refractivity contribution < 1.29 is 14.6 Å². The highest BCUT2D eigenvalue weighted by atomic mass is 16.5. The standard InChI is InChI=1S/C17H24N2O3/c20-16(19-13-6-2-1-3-7-13)18-12-17(21)10-11-22-15-9-5-4-8-14(15)17/h4-5,8-9,13,21H,1-3,6-7,10-12H2,(H2,18,19,20). The first-order valence-electron chi connectivity index (χ1n) is 8.16. The zero-order chi connectivity index (χ0) is 15.4. The van der Waals surface area contributed by atoms with E-state index in [1.807, 2.05) is 24.3 Å². The third kappa shape index (κ3) is 3.35. The molecule has 1 aliphatic carbocycles. The summed E-state index contributed by atoms with van der Waals surface area (Å²) in [6, 6.07) is 7.54. The van der Waals surface area contributed by atoms with Crippen LogP contribution in [0.15, 0.2) is 24.3 Å². The van der Waals surface area contributed by atoms with Crippen molar-refractivity contribution in [2.75, 3.05) is 13.2 Å². The molecule has 3 N–H and O–H groups in total. The van der Waals surface area contributed by atoms with Gasteiger partial charge in [-0.1, -0.05) is 37.5 Å². The quantitative estimate of drug-likeness (QED) is 0.802. The van der Waals surface area contributed by atoms with E-state index >= 15 is 0 Å². The topological polar surface area (TPSA) is 70.6 Å². The Morgan fingerprint density at radius 2 is 2.05 bits per heavy atom. The Morgan fingerprint density at radius 3 is 2.86 bits per heavy atom. The molecule has 1 unspecified atom stereocenters. The minimum absolute atomic E-state index is 0.190. The number of ether oxygens (including phenoxy) is 1. The molecule has 0 bridgehead atoms. The highest BCUT2D eigenvalue weighted by Crippen LogP contribution is 2.36. The Kier molecular flexibility index (Phi) is 4.52. The second-order valence-electron chi connectivity index (χ2n) is 6.29. The van der Waals surface area contributed by atoms with Crippen molar-refractivity contribution in [1.29, 1.82) is 0 Å². The number of urea groups is 1. The van der Waals surface area contributed by atoms with Gasteiger partial charge in [0.2, 0.25) is 0 Å². The first kappa shape index (κ1) is 15.2. The number of fused-ring (bicyclic) bond motifs is 1. The summed E-state index contributed by atoms with van der Waals surface area (Å²) in [4.78, 5) is 12.0. The second kappa shape index (κ2) is 6.57. The summed E-state index contributed by atoms with van der Waals surface area (Å²) in [7, 11) is 0. The molecule has 0 aromatic heterocycles. The van der Waals surface area contributed by atoms with Gasteiger partial charge in [-0.05, 0) is 18.9 Å². The molecule has 1 fully saturated rings. The smallest absolute Gasteiger partial charge is 0.315 e. The summed E-state index contributed by atoms with van der Waals surface area (Å²) < 4.78 is 5.56. The van der Waals surface area contributed by atoms with Gasteiger partial charge in [0.05, 0.1) is 13.2 Å². The third-order valence-electron chi connectivity index (χ3n) is 4.64. The highest BCUT2D eigenvalue weighted by molar-refractivity contribution is 5.74. The summed E-state index contributed by atoms with van der Waals surface area (Å²) >= 11 is 0. The van der Waals surface area contributed by atoms with E-state index in [0.29, 0.717) is 18.8 Å². The fraction of sp³-hybridized carbons (Fsp3) is 0.588. The lowest BCUT2D eigenvalue weighted by atomic mass is 9.88. The van der Waals surface area contributed by atoms with E-state index in [-0.39, 0.29) is 18.6 Å². The van der Waals surface area contributed by atoms with E-state index < -0.39 is 5.60 Å². The normalized spacial score (nSPS) is 25.0. The summed E-state index contributed by atoms with van der Waals surface area (Å²) in [6.07, 6.45) is 6.20.